The molecule has 0 aromatic heterocycles. The van der Waals surface area contributed by atoms with Crippen molar-refractivity contribution in [3.8, 4) is 0 Å². The molecule has 1 fully saturated rings. The van der Waals surface area contributed by atoms with Crippen LogP contribution in [0.15, 0.2) is 24.3 Å². The second-order valence-corrected chi connectivity index (χ2v) is 6.66. The lowest BCUT2D eigenvalue weighted by Crippen LogP contribution is -2.37. The van der Waals surface area contributed by atoms with Gasteiger partial charge in [-0.05, 0) is 48.8 Å². The summed E-state index contributed by atoms with van der Waals surface area (Å²) in [5.41, 5.74) is -0.00738. The monoisotopic (exact) mass is 299 g/mol. The largest absolute Gasteiger partial charge is 0.416 e. The Morgan fingerprint density at radius 2 is 1.90 bits per heavy atom. The van der Waals surface area contributed by atoms with E-state index < -0.39 is 11.7 Å². The van der Waals surface area contributed by atoms with E-state index in [-0.39, 0.29) is 6.04 Å². The van der Waals surface area contributed by atoms with Gasteiger partial charge in [-0.3, -0.25) is 0 Å². The maximum absolute atomic E-state index is 12.8. The summed E-state index contributed by atoms with van der Waals surface area (Å²) in [6.45, 7) is 6.61. The molecule has 21 heavy (non-hydrogen) atoms. The topological polar surface area (TPSA) is 12.0 Å². The van der Waals surface area contributed by atoms with E-state index in [9.17, 15) is 13.2 Å². The summed E-state index contributed by atoms with van der Waals surface area (Å²) >= 11 is 0. The highest BCUT2D eigenvalue weighted by Gasteiger charge is 2.32. The number of anilines is 1. The number of alkyl halides is 3. The van der Waals surface area contributed by atoms with Crippen molar-refractivity contribution in [1.82, 2.24) is 0 Å². The van der Waals surface area contributed by atoms with Crippen LogP contribution < -0.4 is 5.32 Å². The lowest BCUT2D eigenvalue weighted by molar-refractivity contribution is -0.137. The van der Waals surface area contributed by atoms with E-state index >= 15 is 0 Å². The van der Waals surface area contributed by atoms with Crippen LogP contribution in [-0.2, 0) is 6.18 Å². The minimum Gasteiger partial charge on any atom is -0.382 e. The van der Waals surface area contributed by atoms with Crippen LogP contribution in [0.2, 0.25) is 0 Å². The van der Waals surface area contributed by atoms with E-state index in [0.29, 0.717) is 23.4 Å². The highest BCUT2D eigenvalue weighted by atomic mass is 19.4. The normalized spacial score (nSPS) is 26.9. The van der Waals surface area contributed by atoms with Crippen molar-refractivity contribution in [1.29, 1.82) is 0 Å². The standard InChI is InChI=1S/C17H24F3N/c1-11(2)15-8-7-12(3)9-16(15)21-14-6-4-5-13(10-14)17(18,19)20/h4-6,10-12,15-16,21H,7-9H2,1-3H3. The minimum absolute atomic E-state index is 0.261. The Morgan fingerprint density at radius 3 is 2.52 bits per heavy atom. The van der Waals surface area contributed by atoms with Crippen LogP contribution in [0.1, 0.15) is 45.6 Å². The van der Waals surface area contributed by atoms with Crippen molar-refractivity contribution in [3.05, 3.63) is 29.8 Å². The zero-order valence-electron chi connectivity index (χ0n) is 12.9. The number of halogens is 3. The molecule has 1 saturated carbocycles. The summed E-state index contributed by atoms with van der Waals surface area (Å²) in [7, 11) is 0. The van der Waals surface area contributed by atoms with Crippen LogP contribution in [0.25, 0.3) is 0 Å². The van der Waals surface area contributed by atoms with Crippen molar-refractivity contribution < 1.29 is 13.2 Å². The molecule has 0 amide bonds. The number of nitrogens with one attached hydrogen (secondary N) is 1. The molecule has 2 rings (SSSR count). The molecule has 0 aliphatic heterocycles. The number of rotatable bonds is 3. The Labute approximate surface area is 124 Å². The average Bonchev–Trinajstić information content (AvgIpc) is 2.37. The maximum atomic E-state index is 12.8. The highest BCUT2D eigenvalue weighted by molar-refractivity contribution is 5.47. The Kier molecular flexibility index (Phi) is 4.84. The third-order valence-electron chi connectivity index (χ3n) is 4.56. The lowest BCUT2D eigenvalue weighted by Gasteiger charge is -2.38. The fourth-order valence-electron chi connectivity index (χ4n) is 3.37. The van der Waals surface area contributed by atoms with Crippen LogP contribution in [-0.4, -0.2) is 6.04 Å². The van der Waals surface area contributed by atoms with Crippen molar-refractivity contribution in [2.45, 2.75) is 52.3 Å². The molecule has 0 bridgehead atoms. The second-order valence-electron chi connectivity index (χ2n) is 6.66. The van der Waals surface area contributed by atoms with E-state index in [4.69, 9.17) is 0 Å². The zero-order chi connectivity index (χ0) is 15.6. The maximum Gasteiger partial charge on any atom is 0.416 e. The van der Waals surface area contributed by atoms with Crippen LogP contribution >= 0.6 is 0 Å². The molecule has 0 saturated heterocycles. The van der Waals surface area contributed by atoms with E-state index in [1.165, 1.54) is 18.6 Å². The fourth-order valence-corrected chi connectivity index (χ4v) is 3.37. The van der Waals surface area contributed by atoms with E-state index in [1.54, 1.807) is 6.07 Å². The van der Waals surface area contributed by atoms with Gasteiger partial charge < -0.3 is 5.32 Å². The van der Waals surface area contributed by atoms with E-state index in [0.717, 1.165) is 18.9 Å². The van der Waals surface area contributed by atoms with Gasteiger partial charge in [0.05, 0.1) is 5.56 Å². The molecule has 118 valence electrons. The molecule has 1 nitrogen and oxygen atoms in total. The van der Waals surface area contributed by atoms with Crippen molar-refractivity contribution in [2.75, 3.05) is 5.32 Å². The molecular formula is C17H24F3N. The second kappa shape index (κ2) is 6.29. The van der Waals surface area contributed by atoms with E-state index in [2.05, 4.69) is 26.1 Å². The fraction of sp³-hybridized carbons (Fsp3) is 0.647. The molecule has 0 spiro atoms. The first kappa shape index (κ1) is 16.2. The molecule has 1 aliphatic carbocycles. The smallest absolute Gasteiger partial charge is 0.382 e. The van der Waals surface area contributed by atoms with Gasteiger partial charge in [0.2, 0.25) is 0 Å². The molecule has 1 N–H and O–H groups in total. The highest BCUT2D eigenvalue weighted by Crippen LogP contribution is 2.36. The zero-order valence-corrected chi connectivity index (χ0v) is 12.9. The first-order valence-corrected chi connectivity index (χ1v) is 7.71. The molecule has 0 heterocycles. The molecule has 1 aliphatic rings. The van der Waals surface area contributed by atoms with E-state index in [1.807, 2.05) is 0 Å². The van der Waals surface area contributed by atoms with Gasteiger partial charge in [-0.2, -0.15) is 13.2 Å². The van der Waals surface area contributed by atoms with Gasteiger partial charge in [-0.15, -0.1) is 0 Å². The van der Waals surface area contributed by atoms with Gasteiger partial charge >= 0.3 is 6.18 Å². The molecule has 0 radical (unpaired) electrons. The Balaban J connectivity index is 2.15. The van der Waals surface area contributed by atoms with Gasteiger partial charge in [0, 0.05) is 11.7 Å². The third-order valence-corrected chi connectivity index (χ3v) is 4.56. The van der Waals surface area contributed by atoms with Crippen molar-refractivity contribution in [3.63, 3.8) is 0 Å². The summed E-state index contributed by atoms with van der Waals surface area (Å²) in [5.74, 6) is 1.69. The molecular weight excluding hydrogens is 275 g/mol. The predicted octanol–water partition coefficient (Wildman–Crippen LogP) is 5.58. The minimum atomic E-state index is -4.28. The number of benzene rings is 1. The van der Waals surface area contributed by atoms with Gasteiger partial charge in [-0.1, -0.05) is 33.3 Å². The van der Waals surface area contributed by atoms with Crippen molar-refractivity contribution >= 4 is 5.69 Å². The molecule has 1 aromatic rings. The Bertz CT molecular complexity index is 467. The van der Waals surface area contributed by atoms with Crippen LogP contribution in [0.3, 0.4) is 0 Å². The summed E-state index contributed by atoms with van der Waals surface area (Å²) in [6.07, 6.45) is -0.896. The van der Waals surface area contributed by atoms with Gasteiger partial charge in [0.25, 0.3) is 0 Å². The SMILES string of the molecule is CC1CCC(C(C)C)C(Nc2cccc(C(F)(F)F)c2)C1. The summed E-state index contributed by atoms with van der Waals surface area (Å²) in [6, 6.07) is 5.80. The van der Waals surface area contributed by atoms with Gasteiger partial charge in [0.1, 0.15) is 0 Å². The first-order chi connectivity index (χ1) is 9.77. The third kappa shape index (κ3) is 4.14. The van der Waals surface area contributed by atoms with Gasteiger partial charge in [0.15, 0.2) is 0 Å². The summed E-state index contributed by atoms with van der Waals surface area (Å²) in [4.78, 5) is 0. The summed E-state index contributed by atoms with van der Waals surface area (Å²) < 4.78 is 38.4. The van der Waals surface area contributed by atoms with Gasteiger partial charge in [-0.25, -0.2) is 0 Å². The first-order valence-electron chi connectivity index (χ1n) is 7.71. The quantitative estimate of drug-likeness (QED) is 0.768. The molecule has 1 aromatic carbocycles. The lowest BCUT2D eigenvalue weighted by atomic mass is 9.74. The molecule has 4 heteroatoms. The Hall–Kier alpha value is -1.19. The number of hydrogen-bond acceptors (Lipinski definition) is 1. The molecule has 3 unspecified atom stereocenters. The van der Waals surface area contributed by atoms with Crippen molar-refractivity contribution in [2.24, 2.45) is 17.8 Å². The Morgan fingerprint density at radius 1 is 1.19 bits per heavy atom. The molecule has 3 atom stereocenters. The van der Waals surface area contributed by atoms with Crippen LogP contribution in [0.5, 0.6) is 0 Å². The van der Waals surface area contributed by atoms with Crippen LogP contribution in [0, 0.1) is 17.8 Å². The summed E-state index contributed by atoms with van der Waals surface area (Å²) in [5, 5.41) is 3.36. The van der Waals surface area contributed by atoms with Crippen LogP contribution in [0.4, 0.5) is 18.9 Å². The average molecular weight is 299 g/mol. The predicted molar refractivity (Wildman–Crippen MR) is 80.2 cm³/mol. The number of hydrogen-bond donors (Lipinski definition) is 1.